The lowest BCUT2D eigenvalue weighted by Gasteiger charge is -2.10. The fraction of sp³-hybridized carbons (Fsp3) is 0.308. The van der Waals surface area contributed by atoms with Crippen molar-refractivity contribution in [2.45, 2.75) is 13.3 Å². The second kappa shape index (κ2) is 7.09. The fourth-order valence-electron chi connectivity index (χ4n) is 1.38. The molecule has 0 aliphatic heterocycles. The largest absolute Gasteiger partial charge is 0.481 e. The molecule has 0 fully saturated rings. The zero-order valence-electron chi connectivity index (χ0n) is 10.8. The van der Waals surface area contributed by atoms with Crippen molar-refractivity contribution in [3.05, 3.63) is 29.6 Å². The number of urea groups is 1. The summed E-state index contributed by atoms with van der Waals surface area (Å²) in [6.45, 7) is 1.69. The van der Waals surface area contributed by atoms with Gasteiger partial charge in [0.2, 0.25) is 0 Å². The average molecular weight is 279 g/mol. The Labute approximate surface area is 115 Å². The number of hydrogen-bond donors (Lipinski definition) is 3. The van der Waals surface area contributed by atoms with Gasteiger partial charge in [-0.25, -0.2) is 9.18 Å². The number of aliphatic carboxylic acids is 1. The van der Waals surface area contributed by atoms with E-state index in [0.29, 0.717) is 0 Å². The average Bonchev–Trinajstić information content (AvgIpc) is 2.40. The van der Waals surface area contributed by atoms with Crippen molar-refractivity contribution >= 4 is 17.7 Å². The van der Waals surface area contributed by atoms with Crippen LogP contribution < -0.4 is 10.6 Å². The van der Waals surface area contributed by atoms with Crippen molar-refractivity contribution in [3.8, 4) is 6.07 Å². The molecule has 0 radical (unpaired) electrons. The highest BCUT2D eigenvalue weighted by Gasteiger charge is 2.11. The summed E-state index contributed by atoms with van der Waals surface area (Å²) in [6.07, 6.45) is 0.276. The highest BCUT2D eigenvalue weighted by Crippen LogP contribution is 2.15. The molecule has 0 saturated carbocycles. The third-order valence-corrected chi connectivity index (χ3v) is 2.63. The van der Waals surface area contributed by atoms with Crippen LogP contribution in [0.5, 0.6) is 0 Å². The molecule has 1 aromatic rings. The van der Waals surface area contributed by atoms with E-state index in [9.17, 15) is 14.0 Å². The Balaban J connectivity index is 2.47. The van der Waals surface area contributed by atoms with Gasteiger partial charge in [-0.15, -0.1) is 0 Å². The Morgan fingerprint density at radius 2 is 2.20 bits per heavy atom. The number of carboxylic acid groups (broad SMARTS) is 1. The topological polar surface area (TPSA) is 102 Å². The third-order valence-electron chi connectivity index (χ3n) is 2.63. The van der Waals surface area contributed by atoms with Crippen LogP contribution in [0.15, 0.2) is 18.2 Å². The highest BCUT2D eigenvalue weighted by molar-refractivity contribution is 5.89. The Morgan fingerprint density at radius 3 is 2.75 bits per heavy atom. The van der Waals surface area contributed by atoms with Crippen LogP contribution >= 0.6 is 0 Å². The normalized spacial score (nSPS) is 11.2. The Hall–Kier alpha value is -2.62. The molecule has 1 rings (SSSR count). The first kappa shape index (κ1) is 15.4. The van der Waals surface area contributed by atoms with Crippen LogP contribution in [-0.4, -0.2) is 23.7 Å². The van der Waals surface area contributed by atoms with E-state index in [-0.39, 0.29) is 24.2 Å². The number of rotatable bonds is 5. The number of benzene rings is 1. The van der Waals surface area contributed by atoms with Crippen LogP contribution in [0, 0.1) is 23.1 Å². The number of carbonyl (C=O) groups is 2. The summed E-state index contributed by atoms with van der Waals surface area (Å²) in [5, 5.41) is 22.0. The van der Waals surface area contributed by atoms with Crippen LogP contribution in [0.2, 0.25) is 0 Å². The molecule has 1 aromatic carbocycles. The van der Waals surface area contributed by atoms with Gasteiger partial charge in [0.15, 0.2) is 0 Å². The van der Waals surface area contributed by atoms with E-state index in [4.69, 9.17) is 10.4 Å². The summed E-state index contributed by atoms with van der Waals surface area (Å²) >= 11 is 0. The van der Waals surface area contributed by atoms with Gasteiger partial charge in [0.1, 0.15) is 5.82 Å². The highest BCUT2D eigenvalue weighted by atomic mass is 19.1. The first-order valence-electron chi connectivity index (χ1n) is 5.91. The molecule has 0 spiro atoms. The maximum Gasteiger partial charge on any atom is 0.319 e. The van der Waals surface area contributed by atoms with E-state index in [1.54, 1.807) is 6.07 Å². The van der Waals surface area contributed by atoms with Crippen LogP contribution in [0.3, 0.4) is 0 Å². The molecule has 1 unspecified atom stereocenters. The van der Waals surface area contributed by atoms with Gasteiger partial charge in [-0.05, 0) is 24.6 Å². The number of nitriles is 1. The van der Waals surface area contributed by atoms with Crippen molar-refractivity contribution in [1.82, 2.24) is 5.32 Å². The van der Waals surface area contributed by atoms with Crippen molar-refractivity contribution in [2.75, 3.05) is 11.9 Å². The Morgan fingerprint density at radius 1 is 1.50 bits per heavy atom. The van der Waals surface area contributed by atoms with Crippen LogP contribution in [0.4, 0.5) is 14.9 Å². The molecule has 0 saturated heterocycles. The first-order valence-corrected chi connectivity index (χ1v) is 5.91. The molecule has 0 aromatic heterocycles. The molecule has 20 heavy (non-hydrogen) atoms. The van der Waals surface area contributed by atoms with Crippen LogP contribution in [-0.2, 0) is 4.79 Å². The molecule has 1 atom stereocenters. The summed E-state index contributed by atoms with van der Waals surface area (Å²) < 4.78 is 13.5. The molecule has 6 nitrogen and oxygen atoms in total. The number of amides is 2. The second-order valence-corrected chi connectivity index (χ2v) is 4.22. The number of carboxylic acids is 1. The smallest absolute Gasteiger partial charge is 0.319 e. The number of nitrogens with one attached hydrogen (secondary N) is 2. The maximum absolute atomic E-state index is 13.5. The standard InChI is InChI=1S/C13H14FN3O3/c1-8(12(18)19)4-5-16-13(20)17-11-3-2-9(7-15)6-10(11)14/h2-3,6,8H,4-5H2,1H3,(H,18,19)(H2,16,17,20). The summed E-state index contributed by atoms with van der Waals surface area (Å²) in [5.41, 5.74) is 0.108. The minimum Gasteiger partial charge on any atom is -0.481 e. The predicted molar refractivity (Wildman–Crippen MR) is 69.6 cm³/mol. The SMILES string of the molecule is CC(CCNC(=O)Nc1ccc(C#N)cc1F)C(=O)O. The van der Waals surface area contributed by atoms with Gasteiger partial charge in [-0.1, -0.05) is 6.92 Å². The summed E-state index contributed by atoms with van der Waals surface area (Å²) in [7, 11) is 0. The van der Waals surface area contributed by atoms with Gasteiger partial charge < -0.3 is 15.7 Å². The Bertz CT molecular complexity index is 554. The third kappa shape index (κ3) is 4.57. The number of carbonyl (C=O) groups excluding carboxylic acids is 1. The molecule has 2 amide bonds. The summed E-state index contributed by atoms with van der Waals surface area (Å²) in [4.78, 5) is 22.0. The van der Waals surface area contributed by atoms with Gasteiger partial charge in [0, 0.05) is 6.54 Å². The van der Waals surface area contributed by atoms with E-state index in [1.165, 1.54) is 19.1 Å². The van der Waals surface area contributed by atoms with Crippen LogP contribution in [0.1, 0.15) is 18.9 Å². The lowest BCUT2D eigenvalue weighted by Crippen LogP contribution is -2.31. The van der Waals surface area contributed by atoms with Crippen LogP contribution in [0.25, 0.3) is 0 Å². The maximum atomic E-state index is 13.5. The molecular weight excluding hydrogens is 265 g/mol. The van der Waals surface area contributed by atoms with Gasteiger partial charge in [-0.3, -0.25) is 4.79 Å². The van der Waals surface area contributed by atoms with E-state index in [0.717, 1.165) is 6.07 Å². The van der Waals surface area contributed by atoms with E-state index in [2.05, 4.69) is 10.6 Å². The lowest BCUT2D eigenvalue weighted by atomic mass is 10.1. The van der Waals surface area contributed by atoms with Crippen molar-refractivity contribution < 1.29 is 19.1 Å². The number of nitrogens with zero attached hydrogens (tertiary/aromatic N) is 1. The minimum absolute atomic E-state index is 0.0483. The minimum atomic E-state index is -0.939. The van der Waals surface area contributed by atoms with E-state index in [1.807, 2.05) is 0 Å². The van der Waals surface area contributed by atoms with Gasteiger partial charge >= 0.3 is 12.0 Å². The number of halogens is 1. The molecule has 0 heterocycles. The van der Waals surface area contributed by atoms with Crippen molar-refractivity contribution in [2.24, 2.45) is 5.92 Å². The molecule has 0 aliphatic rings. The Kier molecular flexibility index (Phi) is 5.47. The lowest BCUT2D eigenvalue weighted by molar-refractivity contribution is -0.141. The molecule has 106 valence electrons. The molecule has 0 aliphatic carbocycles. The quantitative estimate of drug-likeness (QED) is 0.766. The molecule has 3 N–H and O–H groups in total. The zero-order valence-corrected chi connectivity index (χ0v) is 10.8. The van der Waals surface area contributed by atoms with Gasteiger partial charge in [-0.2, -0.15) is 5.26 Å². The monoisotopic (exact) mass is 279 g/mol. The van der Waals surface area contributed by atoms with E-state index >= 15 is 0 Å². The number of anilines is 1. The van der Waals surface area contributed by atoms with Crippen molar-refractivity contribution in [1.29, 1.82) is 5.26 Å². The van der Waals surface area contributed by atoms with Gasteiger partial charge in [0.25, 0.3) is 0 Å². The van der Waals surface area contributed by atoms with E-state index < -0.39 is 23.7 Å². The first-order chi connectivity index (χ1) is 9.43. The molecular formula is C13H14FN3O3. The molecule has 7 heteroatoms. The summed E-state index contributed by atoms with van der Waals surface area (Å²) in [5.74, 6) is -2.22. The predicted octanol–water partition coefficient (Wildman–Crippen LogP) is 1.93. The number of hydrogen-bond acceptors (Lipinski definition) is 3. The zero-order chi connectivity index (χ0) is 15.1. The second-order valence-electron chi connectivity index (χ2n) is 4.22. The van der Waals surface area contributed by atoms with Gasteiger partial charge in [0.05, 0.1) is 23.2 Å². The van der Waals surface area contributed by atoms with Crippen molar-refractivity contribution in [3.63, 3.8) is 0 Å². The molecule has 0 bridgehead atoms. The fourth-order valence-corrected chi connectivity index (χ4v) is 1.38. The summed E-state index contributed by atoms with van der Waals surface area (Å²) in [6, 6.07) is 4.83.